The van der Waals surface area contributed by atoms with Crippen molar-refractivity contribution in [1.29, 1.82) is 0 Å². The van der Waals surface area contributed by atoms with Crippen LogP contribution in [0.3, 0.4) is 0 Å². The maximum absolute atomic E-state index is 11.8. The highest BCUT2D eigenvalue weighted by atomic mass is 32.2. The van der Waals surface area contributed by atoms with Crippen LogP contribution in [-0.2, 0) is 14.6 Å². The monoisotopic (exact) mass is 311 g/mol. The van der Waals surface area contributed by atoms with Crippen molar-refractivity contribution in [1.82, 2.24) is 0 Å². The highest BCUT2D eigenvalue weighted by Gasteiger charge is 2.36. The van der Waals surface area contributed by atoms with Crippen molar-refractivity contribution in [3.8, 4) is 0 Å². The zero-order valence-electron chi connectivity index (χ0n) is 12.4. The number of rotatable bonds is 4. The molecule has 1 aromatic carbocycles. The molecule has 0 atom stereocenters. The Hall–Kier alpha value is -1.56. The number of carbonyl (C=O) groups is 1. The van der Waals surface area contributed by atoms with E-state index in [1.54, 1.807) is 38.1 Å². The minimum atomic E-state index is -3.17. The number of carboxylic acids is 1. The summed E-state index contributed by atoms with van der Waals surface area (Å²) in [5, 5.41) is 9.22. The predicted molar refractivity (Wildman–Crippen MR) is 81.4 cm³/mol. The molecule has 21 heavy (non-hydrogen) atoms. The summed E-state index contributed by atoms with van der Waals surface area (Å²) in [4.78, 5) is 13.7. The molecule has 1 fully saturated rings. The summed E-state index contributed by atoms with van der Waals surface area (Å²) < 4.78 is 23.5. The van der Waals surface area contributed by atoms with Crippen LogP contribution in [0.5, 0.6) is 0 Å². The average Bonchev–Trinajstić information content (AvgIpc) is 2.48. The Labute approximate surface area is 125 Å². The molecule has 6 heteroatoms. The Morgan fingerprint density at radius 2 is 1.76 bits per heavy atom. The van der Waals surface area contributed by atoms with Crippen LogP contribution in [-0.4, -0.2) is 38.3 Å². The molecule has 1 heterocycles. The van der Waals surface area contributed by atoms with Gasteiger partial charge in [0.15, 0.2) is 9.84 Å². The van der Waals surface area contributed by atoms with Crippen LogP contribution in [0.1, 0.15) is 26.7 Å². The van der Waals surface area contributed by atoms with E-state index in [-0.39, 0.29) is 5.75 Å². The van der Waals surface area contributed by atoms with Crippen LogP contribution >= 0.6 is 0 Å². The van der Waals surface area contributed by atoms with E-state index in [0.29, 0.717) is 30.8 Å². The Balaban J connectivity index is 2.10. The number of hydrogen-bond acceptors (Lipinski definition) is 4. The fraction of sp³-hybridized carbons (Fsp3) is 0.533. The van der Waals surface area contributed by atoms with E-state index in [4.69, 9.17) is 0 Å². The molecule has 1 N–H and O–H groups in total. The lowest BCUT2D eigenvalue weighted by atomic mass is 9.80. The minimum Gasteiger partial charge on any atom is -0.481 e. The third-order valence-electron chi connectivity index (χ3n) is 4.32. The van der Waals surface area contributed by atoms with Crippen LogP contribution in [0.2, 0.25) is 0 Å². The number of hydrogen-bond donors (Lipinski definition) is 1. The molecule has 2 rings (SSSR count). The molecular weight excluding hydrogens is 290 g/mol. The fourth-order valence-corrected chi connectivity index (χ4v) is 3.39. The van der Waals surface area contributed by atoms with E-state index in [0.717, 1.165) is 5.69 Å². The second-order valence-corrected chi connectivity index (χ2v) is 8.03. The lowest BCUT2D eigenvalue weighted by Crippen LogP contribution is -2.42. The van der Waals surface area contributed by atoms with Crippen LogP contribution in [0, 0.1) is 5.41 Å². The van der Waals surface area contributed by atoms with Crippen molar-refractivity contribution in [3.05, 3.63) is 24.3 Å². The molecule has 0 unspecified atom stereocenters. The van der Waals surface area contributed by atoms with Crippen molar-refractivity contribution in [2.45, 2.75) is 31.6 Å². The van der Waals surface area contributed by atoms with Gasteiger partial charge in [-0.3, -0.25) is 4.79 Å². The van der Waals surface area contributed by atoms with E-state index in [2.05, 4.69) is 4.90 Å². The number of aliphatic carboxylic acids is 1. The summed E-state index contributed by atoms with van der Waals surface area (Å²) >= 11 is 0. The second-order valence-electron chi connectivity index (χ2n) is 5.75. The molecule has 0 radical (unpaired) electrons. The van der Waals surface area contributed by atoms with Gasteiger partial charge in [-0.2, -0.15) is 0 Å². The van der Waals surface area contributed by atoms with E-state index in [9.17, 15) is 18.3 Å². The van der Waals surface area contributed by atoms with Crippen molar-refractivity contribution in [2.75, 3.05) is 23.7 Å². The van der Waals surface area contributed by atoms with Gasteiger partial charge >= 0.3 is 5.97 Å². The zero-order chi connectivity index (χ0) is 15.7. The number of nitrogens with zero attached hydrogens (tertiary/aromatic N) is 1. The number of benzene rings is 1. The summed E-state index contributed by atoms with van der Waals surface area (Å²) in [5.74, 6) is -0.654. The molecule has 5 nitrogen and oxygen atoms in total. The maximum Gasteiger partial charge on any atom is 0.309 e. The molecule has 1 aliphatic heterocycles. The number of sulfone groups is 1. The fourth-order valence-electron chi connectivity index (χ4n) is 2.50. The van der Waals surface area contributed by atoms with Gasteiger partial charge in [-0.05, 0) is 44.0 Å². The zero-order valence-corrected chi connectivity index (χ0v) is 13.2. The largest absolute Gasteiger partial charge is 0.481 e. The predicted octanol–water partition coefficient (Wildman–Crippen LogP) is 2.17. The quantitative estimate of drug-likeness (QED) is 0.922. The smallest absolute Gasteiger partial charge is 0.309 e. The molecule has 0 aliphatic carbocycles. The van der Waals surface area contributed by atoms with Crippen molar-refractivity contribution in [2.24, 2.45) is 5.41 Å². The molecule has 0 amide bonds. The lowest BCUT2D eigenvalue weighted by molar-refractivity contribution is -0.149. The molecule has 1 saturated heterocycles. The van der Waals surface area contributed by atoms with E-state index < -0.39 is 21.2 Å². The maximum atomic E-state index is 11.8. The highest BCUT2D eigenvalue weighted by Crippen LogP contribution is 2.33. The molecule has 0 aromatic heterocycles. The minimum absolute atomic E-state index is 0.0903. The van der Waals surface area contributed by atoms with Crippen LogP contribution in [0.15, 0.2) is 29.2 Å². The number of carboxylic acid groups (broad SMARTS) is 1. The molecule has 0 bridgehead atoms. The highest BCUT2D eigenvalue weighted by molar-refractivity contribution is 7.91. The van der Waals surface area contributed by atoms with Gasteiger partial charge in [0.05, 0.1) is 16.1 Å². The molecule has 0 saturated carbocycles. The molecule has 1 aliphatic rings. The standard InChI is InChI=1S/C15H21NO4S/c1-3-21(19,20)13-6-4-12(5-7-13)16-10-8-15(2,9-11-16)14(17)18/h4-7H,3,8-11H2,1-2H3,(H,17,18). The first kappa shape index (κ1) is 15.8. The van der Waals surface area contributed by atoms with Crippen molar-refractivity contribution >= 4 is 21.5 Å². The topological polar surface area (TPSA) is 74.7 Å². The normalized spacial score (nSPS) is 18.5. The Kier molecular flexibility index (Phi) is 4.27. The van der Waals surface area contributed by atoms with Gasteiger partial charge in [-0.1, -0.05) is 6.92 Å². The third-order valence-corrected chi connectivity index (χ3v) is 6.07. The third kappa shape index (κ3) is 3.20. The first-order valence-corrected chi connectivity index (χ1v) is 8.75. The van der Waals surface area contributed by atoms with Gasteiger partial charge in [0.2, 0.25) is 0 Å². The Morgan fingerprint density at radius 3 is 2.19 bits per heavy atom. The Bertz CT molecular complexity index is 614. The number of piperidine rings is 1. The van der Waals surface area contributed by atoms with Gasteiger partial charge < -0.3 is 10.0 Å². The molecule has 0 spiro atoms. The number of anilines is 1. The van der Waals surface area contributed by atoms with Crippen LogP contribution < -0.4 is 4.90 Å². The van der Waals surface area contributed by atoms with Gasteiger partial charge in [0.1, 0.15) is 0 Å². The molecule has 116 valence electrons. The second kappa shape index (κ2) is 5.67. The van der Waals surface area contributed by atoms with E-state index in [1.807, 2.05) is 0 Å². The summed E-state index contributed by atoms with van der Waals surface area (Å²) in [6.45, 7) is 4.75. The van der Waals surface area contributed by atoms with Crippen LogP contribution in [0.4, 0.5) is 5.69 Å². The van der Waals surface area contributed by atoms with Crippen molar-refractivity contribution < 1.29 is 18.3 Å². The van der Waals surface area contributed by atoms with E-state index >= 15 is 0 Å². The lowest BCUT2D eigenvalue weighted by Gasteiger charge is -2.37. The summed E-state index contributed by atoms with van der Waals surface area (Å²) in [6.07, 6.45) is 1.19. The Morgan fingerprint density at radius 1 is 1.24 bits per heavy atom. The van der Waals surface area contributed by atoms with E-state index in [1.165, 1.54) is 0 Å². The summed E-state index contributed by atoms with van der Waals surface area (Å²) in [5.41, 5.74) is 0.291. The van der Waals surface area contributed by atoms with Crippen molar-refractivity contribution in [3.63, 3.8) is 0 Å². The van der Waals surface area contributed by atoms with Crippen LogP contribution in [0.25, 0.3) is 0 Å². The molecule has 1 aromatic rings. The summed E-state index contributed by atoms with van der Waals surface area (Å²) in [7, 11) is -3.17. The van der Waals surface area contributed by atoms with Gasteiger partial charge in [0, 0.05) is 18.8 Å². The average molecular weight is 311 g/mol. The SMILES string of the molecule is CCS(=O)(=O)c1ccc(N2CCC(C)(C(=O)O)CC2)cc1. The first-order chi connectivity index (χ1) is 9.78. The van der Waals surface area contributed by atoms with Gasteiger partial charge in [0.25, 0.3) is 0 Å². The summed E-state index contributed by atoms with van der Waals surface area (Å²) in [6, 6.07) is 6.84. The van der Waals surface area contributed by atoms with Gasteiger partial charge in [-0.25, -0.2) is 8.42 Å². The van der Waals surface area contributed by atoms with Gasteiger partial charge in [-0.15, -0.1) is 0 Å². The molecular formula is C15H21NO4S. The first-order valence-electron chi connectivity index (χ1n) is 7.10.